The number of nitrogens with zero attached hydrogens (tertiary/aromatic N) is 4. The highest BCUT2D eigenvalue weighted by Gasteiger charge is 2.40. The first-order chi connectivity index (χ1) is 12.7. The lowest BCUT2D eigenvalue weighted by Crippen LogP contribution is -2.51. The maximum absolute atomic E-state index is 9.80. The normalized spacial score (nSPS) is 23.4. The van der Waals surface area contributed by atoms with Crippen LogP contribution in [-0.2, 0) is 11.3 Å². The standard InChI is InChI=1S/C19H26N4O3/c1-14-3-7-20-16(10-14)18-21-17(26-22-18)11-23-13-19(4-2-15(23)12-24)5-8-25-9-6-19/h3,7,10,15,24H,2,4-6,8-9,11-13H2,1H3. The van der Waals surface area contributed by atoms with Crippen LogP contribution in [0.2, 0.25) is 0 Å². The Kier molecular flexibility index (Phi) is 5.02. The molecule has 0 radical (unpaired) electrons. The molecule has 4 heterocycles. The van der Waals surface area contributed by atoms with E-state index in [1.54, 1.807) is 6.20 Å². The van der Waals surface area contributed by atoms with Crippen molar-refractivity contribution in [3.63, 3.8) is 0 Å². The fraction of sp³-hybridized carbons (Fsp3) is 0.632. The average molecular weight is 358 g/mol. The number of aliphatic hydroxyl groups is 1. The molecule has 7 nitrogen and oxygen atoms in total. The fourth-order valence-electron chi connectivity index (χ4n) is 4.15. The van der Waals surface area contributed by atoms with E-state index in [1.165, 1.54) is 0 Å². The van der Waals surface area contributed by atoms with Crippen molar-refractivity contribution in [2.75, 3.05) is 26.4 Å². The van der Waals surface area contributed by atoms with Crippen molar-refractivity contribution in [1.82, 2.24) is 20.0 Å². The Bertz CT molecular complexity index is 742. The van der Waals surface area contributed by atoms with Crippen molar-refractivity contribution in [3.8, 4) is 11.5 Å². The summed E-state index contributed by atoms with van der Waals surface area (Å²) in [6.07, 6.45) is 6.08. The molecule has 2 aromatic rings. The van der Waals surface area contributed by atoms with Crippen LogP contribution in [0.25, 0.3) is 11.5 Å². The topological polar surface area (TPSA) is 84.5 Å². The number of aliphatic hydroxyl groups excluding tert-OH is 1. The number of aryl methyl sites for hydroxylation is 1. The number of pyridine rings is 1. The lowest BCUT2D eigenvalue weighted by atomic mass is 9.72. The summed E-state index contributed by atoms with van der Waals surface area (Å²) in [6, 6.07) is 4.04. The summed E-state index contributed by atoms with van der Waals surface area (Å²) in [5.74, 6) is 1.09. The molecule has 1 atom stereocenters. The number of ether oxygens (including phenoxy) is 1. The zero-order valence-electron chi connectivity index (χ0n) is 15.2. The minimum Gasteiger partial charge on any atom is -0.395 e. The third kappa shape index (κ3) is 3.65. The van der Waals surface area contributed by atoms with Crippen LogP contribution >= 0.6 is 0 Å². The molecular formula is C19H26N4O3. The molecule has 4 rings (SSSR count). The van der Waals surface area contributed by atoms with Crippen molar-refractivity contribution < 1.29 is 14.4 Å². The van der Waals surface area contributed by atoms with Crippen LogP contribution in [0.5, 0.6) is 0 Å². The van der Waals surface area contributed by atoms with Crippen molar-refractivity contribution in [2.45, 2.75) is 45.2 Å². The molecule has 0 aromatic carbocycles. The molecule has 1 unspecified atom stereocenters. The number of piperidine rings is 1. The molecular weight excluding hydrogens is 332 g/mol. The van der Waals surface area contributed by atoms with Crippen LogP contribution in [0.3, 0.4) is 0 Å². The fourth-order valence-corrected chi connectivity index (χ4v) is 4.15. The van der Waals surface area contributed by atoms with E-state index in [9.17, 15) is 5.11 Å². The highest BCUT2D eigenvalue weighted by Crippen LogP contribution is 2.41. The summed E-state index contributed by atoms with van der Waals surface area (Å²) >= 11 is 0. The van der Waals surface area contributed by atoms with Crippen molar-refractivity contribution in [3.05, 3.63) is 29.8 Å². The minimum absolute atomic E-state index is 0.149. The van der Waals surface area contributed by atoms with Gasteiger partial charge >= 0.3 is 0 Å². The second-order valence-electron chi connectivity index (χ2n) is 7.62. The molecule has 2 aromatic heterocycles. The molecule has 26 heavy (non-hydrogen) atoms. The van der Waals surface area contributed by atoms with Crippen LogP contribution in [0, 0.1) is 12.3 Å². The SMILES string of the molecule is Cc1ccnc(-c2noc(CN3CC4(CCOCC4)CCC3CO)n2)c1. The van der Waals surface area contributed by atoms with E-state index in [0.29, 0.717) is 23.7 Å². The summed E-state index contributed by atoms with van der Waals surface area (Å²) in [4.78, 5) is 11.1. The van der Waals surface area contributed by atoms with E-state index < -0.39 is 0 Å². The number of rotatable bonds is 4. The number of aromatic nitrogens is 3. The van der Waals surface area contributed by atoms with Gasteiger partial charge in [-0.05, 0) is 55.7 Å². The third-order valence-electron chi connectivity index (χ3n) is 5.78. The lowest BCUT2D eigenvalue weighted by molar-refractivity contribution is -0.0573. The van der Waals surface area contributed by atoms with Crippen LogP contribution in [-0.4, -0.2) is 57.5 Å². The highest BCUT2D eigenvalue weighted by molar-refractivity contribution is 5.48. The summed E-state index contributed by atoms with van der Waals surface area (Å²) in [5.41, 5.74) is 2.13. The smallest absolute Gasteiger partial charge is 0.241 e. The largest absolute Gasteiger partial charge is 0.395 e. The molecule has 0 amide bonds. The Hall–Kier alpha value is -1.83. The Morgan fingerprint density at radius 1 is 1.31 bits per heavy atom. The van der Waals surface area contributed by atoms with E-state index in [2.05, 4.69) is 20.0 Å². The zero-order valence-corrected chi connectivity index (χ0v) is 15.2. The first kappa shape index (κ1) is 17.6. The summed E-state index contributed by atoms with van der Waals surface area (Å²) in [5, 5.41) is 13.9. The van der Waals surface area contributed by atoms with Crippen LogP contribution < -0.4 is 0 Å². The zero-order chi connectivity index (χ0) is 18.0. The molecule has 2 fully saturated rings. The molecule has 0 bridgehead atoms. The Labute approximate surface area is 153 Å². The molecule has 2 aliphatic rings. The van der Waals surface area contributed by atoms with E-state index in [-0.39, 0.29) is 12.6 Å². The third-order valence-corrected chi connectivity index (χ3v) is 5.78. The van der Waals surface area contributed by atoms with Crippen LogP contribution in [0.4, 0.5) is 0 Å². The first-order valence-corrected chi connectivity index (χ1v) is 9.36. The van der Waals surface area contributed by atoms with E-state index in [1.807, 2.05) is 19.1 Å². The quantitative estimate of drug-likeness (QED) is 0.897. The van der Waals surface area contributed by atoms with E-state index in [4.69, 9.17) is 9.26 Å². The second-order valence-corrected chi connectivity index (χ2v) is 7.62. The monoisotopic (exact) mass is 358 g/mol. The van der Waals surface area contributed by atoms with Gasteiger partial charge in [0.1, 0.15) is 5.69 Å². The number of hydrogen-bond donors (Lipinski definition) is 1. The van der Waals surface area contributed by atoms with Gasteiger partial charge < -0.3 is 14.4 Å². The first-order valence-electron chi connectivity index (χ1n) is 9.36. The summed E-state index contributed by atoms with van der Waals surface area (Å²) in [6.45, 7) is 5.35. The van der Waals surface area contributed by atoms with Gasteiger partial charge in [0.05, 0.1) is 13.2 Å². The lowest BCUT2D eigenvalue weighted by Gasteiger charge is -2.48. The Morgan fingerprint density at radius 2 is 2.15 bits per heavy atom. The van der Waals surface area contributed by atoms with Gasteiger partial charge in [-0.3, -0.25) is 9.88 Å². The van der Waals surface area contributed by atoms with Gasteiger partial charge in [0, 0.05) is 32.0 Å². The molecule has 140 valence electrons. The van der Waals surface area contributed by atoms with Crippen molar-refractivity contribution in [1.29, 1.82) is 0 Å². The van der Waals surface area contributed by atoms with Gasteiger partial charge in [0.15, 0.2) is 0 Å². The molecule has 0 saturated carbocycles. The molecule has 0 aliphatic carbocycles. The molecule has 7 heteroatoms. The van der Waals surface area contributed by atoms with Gasteiger partial charge in [0.2, 0.25) is 11.7 Å². The molecule has 2 aliphatic heterocycles. The maximum Gasteiger partial charge on any atom is 0.241 e. The average Bonchev–Trinajstić information content (AvgIpc) is 3.11. The molecule has 1 spiro atoms. The van der Waals surface area contributed by atoms with Gasteiger partial charge in [-0.25, -0.2) is 0 Å². The van der Waals surface area contributed by atoms with Crippen molar-refractivity contribution >= 4 is 0 Å². The highest BCUT2D eigenvalue weighted by atomic mass is 16.5. The molecule has 1 N–H and O–H groups in total. The minimum atomic E-state index is 0.149. The van der Waals surface area contributed by atoms with Crippen LogP contribution in [0.1, 0.15) is 37.1 Å². The Balaban J connectivity index is 1.49. The van der Waals surface area contributed by atoms with Gasteiger partial charge in [-0.15, -0.1) is 0 Å². The van der Waals surface area contributed by atoms with Gasteiger partial charge in [-0.1, -0.05) is 5.16 Å². The van der Waals surface area contributed by atoms with Gasteiger partial charge in [0.25, 0.3) is 0 Å². The number of likely N-dealkylation sites (tertiary alicyclic amines) is 1. The Morgan fingerprint density at radius 3 is 2.92 bits per heavy atom. The van der Waals surface area contributed by atoms with Crippen LogP contribution in [0.15, 0.2) is 22.9 Å². The van der Waals surface area contributed by atoms with Gasteiger partial charge in [-0.2, -0.15) is 4.98 Å². The van der Waals surface area contributed by atoms with E-state index >= 15 is 0 Å². The van der Waals surface area contributed by atoms with E-state index in [0.717, 1.165) is 56.7 Å². The molecule has 2 saturated heterocycles. The second kappa shape index (κ2) is 7.42. The summed E-state index contributed by atoms with van der Waals surface area (Å²) in [7, 11) is 0. The predicted molar refractivity (Wildman–Crippen MR) is 95.3 cm³/mol. The summed E-state index contributed by atoms with van der Waals surface area (Å²) < 4.78 is 11.0. The van der Waals surface area contributed by atoms with Crippen molar-refractivity contribution in [2.24, 2.45) is 5.41 Å². The maximum atomic E-state index is 9.80. The predicted octanol–water partition coefficient (Wildman–Crippen LogP) is 2.19. The number of hydrogen-bond acceptors (Lipinski definition) is 7.